The van der Waals surface area contributed by atoms with E-state index in [1.54, 1.807) is 11.3 Å². The summed E-state index contributed by atoms with van der Waals surface area (Å²) in [6.45, 7) is 6.22. The molecule has 4 heteroatoms. The van der Waals surface area contributed by atoms with Gasteiger partial charge >= 0.3 is 0 Å². The predicted octanol–water partition coefficient (Wildman–Crippen LogP) is 4.70. The molecule has 0 bridgehead atoms. The maximum absolute atomic E-state index is 6.28. The Morgan fingerprint density at radius 1 is 1.19 bits per heavy atom. The van der Waals surface area contributed by atoms with Crippen LogP contribution in [0.3, 0.4) is 0 Å². The molecule has 0 aliphatic carbocycles. The lowest BCUT2D eigenvalue weighted by atomic mass is 10.1. The smallest absolute Gasteiger partial charge is 0.0931 e. The Morgan fingerprint density at radius 2 is 1.90 bits per heavy atom. The standard InChI is InChI=1S/C17H23ClN2S/c1-3-11-20(12-14-7-5-4-6-8-14)17(13(2)19)15-9-10-16(18)21-15/h4-10,13,17H,3,11-12,19H2,1-2H3. The zero-order valence-corrected chi connectivity index (χ0v) is 14.2. The first kappa shape index (κ1) is 16.5. The topological polar surface area (TPSA) is 29.3 Å². The van der Waals surface area contributed by atoms with Gasteiger partial charge in [-0.25, -0.2) is 0 Å². The Morgan fingerprint density at radius 3 is 2.43 bits per heavy atom. The molecule has 2 rings (SSSR count). The molecule has 1 aromatic heterocycles. The van der Waals surface area contributed by atoms with Crippen LogP contribution in [0, 0.1) is 0 Å². The summed E-state index contributed by atoms with van der Waals surface area (Å²) in [5.74, 6) is 0. The minimum absolute atomic E-state index is 0.0648. The second-order valence-electron chi connectivity index (χ2n) is 5.40. The van der Waals surface area contributed by atoms with Crippen LogP contribution in [0.25, 0.3) is 0 Å². The lowest BCUT2D eigenvalue weighted by Gasteiger charge is -2.33. The van der Waals surface area contributed by atoms with E-state index in [4.69, 9.17) is 17.3 Å². The van der Waals surface area contributed by atoms with Gasteiger partial charge in [0.05, 0.1) is 10.4 Å². The first-order valence-corrected chi connectivity index (χ1v) is 8.60. The second-order valence-corrected chi connectivity index (χ2v) is 7.15. The van der Waals surface area contributed by atoms with Crippen molar-refractivity contribution in [1.82, 2.24) is 4.90 Å². The third-order valence-electron chi connectivity index (χ3n) is 3.52. The molecule has 2 aromatic rings. The molecule has 0 aliphatic rings. The average Bonchev–Trinajstić information content (AvgIpc) is 2.86. The van der Waals surface area contributed by atoms with E-state index < -0.39 is 0 Å². The molecule has 1 aromatic carbocycles. The van der Waals surface area contributed by atoms with Crippen LogP contribution in [0.1, 0.15) is 36.8 Å². The largest absolute Gasteiger partial charge is 0.326 e. The normalized spacial score (nSPS) is 14.3. The number of hydrogen-bond acceptors (Lipinski definition) is 3. The molecule has 2 atom stereocenters. The molecule has 21 heavy (non-hydrogen) atoms. The summed E-state index contributed by atoms with van der Waals surface area (Å²) in [5, 5.41) is 0. The molecule has 2 nitrogen and oxygen atoms in total. The quantitative estimate of drug-likeness (QED) is 0.800. The van der Waals surface area contributed by atoms with Crippen LogP contribution in [-0.2, 0) is 6.54 Å². The zero-order chi connectivity index (χ0) is 15.2. The van der Waals surface area contributed by atoms with Gasteiger partial charge in [-0.15, -0.1) is 11.3 Å². The summed E-state index contributed by atoms with van der Waals surface area (Å²) in [6, 6.07) is 14.9. The van der Waals surface area contributed by atoms with Crippen LogP contribution in [-0.4, -0.2) is 17.5 Å². The van der Waals surface area contributed by atoms with E-state index in [0.29, 0.717) is 0 Å². The highest BCUT2D eigenvalue weighted by Gasteiger charge is 2.25. The maximum Gasteiger partial charge on any atom is 0.0931 e. The van der Waals surface area contributed by atoms with Gasteiger partial charge in [-0.05, 0) is 37.6 Å². The zero-order valence-electron chi connectivity index (χ0n) is 12.6. The van der Waals surface area contributed by atoms with Crippen molar-refractivity contribution in [2.75, 3.05) is 6.54 Å². The van der Waals surface area contributed by atoms with Gasteiger partial charge in [0, 0.05) is 17.5 Å². The summed E-state index contributed by atoms with van der Waals surface area (Å²) in [4.78, 5) is 3.71. The fourth-order valence-corrected chi connectivity index (χ4v) is 3.99. The van der Waals surface area contributed by atoms with Crippen molar-refractivity contribution in [1.29, 1.82) is 0 Å². The van der Waals surface area contributed by atoms with Gasteiger partial charge in [-0.3, -0.25) is 4.90 Å². The minimum Gasteiger partial charge on any atom is -0.326 e. The molecule has 2 N–H and O–H groups in total. The van der Waals surface area contributed by atoms with Gasteiger partial charge in [0.2, 0.25) is 0 Å². The van der Waals surface area contributed by atoms with Gasteiger partial charge in [0.1, 0.15) is 0 Å². The van der Waals surface area contributed by atoms with E-state index >= 15 is 0 Å². The molecule has 2 unspecified atom stereocenters. The number of nitrogens with two attached hydrogens (primary N) is 1. The van der Waals surface area contributed by atoms with Gasteiger partial charge < -0.3 is 5.73 Å². The average molecular weight is 323 g/mol. The Balaban J connectivity index is 2.24. The van der Waals surface area contributed by atoms with Crippen molar-refractivity contribution in [2.24, 2.45) is 5.73 Å². The number of benzene rings is 1. The van der Waals surface area contributed by atoms with E-state index in [-0.39, 0.29) is 12.1 Å². The van der Waals surface area contributed by atoms with Crippen LogP contribution < -0.4 is 5.73 Å². The first-order valence-electron chi connectivity index (χ1n) is 7.40. The van der Waals surface area contributed by atoms with Crippen molar-refractivity contribution in [3.8, 4) is 0 Å². The van der Waals surface area contributed by atoms with Gasteiger partial charge in [-0.2, -0.15) is 0 Å². The van der Waals surface area contributed by atoms with Gasteiger partial charge in [0.15, 0.2) is 0 Å². The van der Waals surface area contributed by atoms with Gasteiger partial charge in [-0.1, -0.05) is 48.9 Å². The summed E-state index contributed by atoms with van der Waals surface area (Å²) >= 11 is 7.74. The highest BCUT2D eigenvalue weighted by Crippen LogP contribution is 2.33. The Hall–Kier alpha value is -0.870. The number of hydrogen-bond donors (Lipinski definition) is 1. The fourth-order valence-electron chi connectivity index (χ4n) is 2.68. The molecule has 0 aliphatic heterocycles. The summed E-state index contributed by atoms with van der Waals surface area (Å²) < 4.78 is 0.826. The van der Waals surface area contributed by atoms with E-state index in [2.05, 4.69) is 55.1 Å². The molecule has 1 heterocycles. The monoisotopic (exact) mass is 322 g/mol. The fraction of sp³-hybridized carbons (Fsp3) is 0.412. The molecular formula is C17H23ClN2S. The minimum atomic E-state index is 0.0648. The number of thiophene rings is 1. The summed E-state index contributed by atoms with van der Waals surface area (Å²) in [7, 11) is 0. The van der Waals surface area contributed by atoms with Crippen molar-refractivity contribution in [2.45, 2.75) is 38.9 Å². The third-order valence-corrected chi connectivity index (χ3v) is 4.82. The van der Waals surface area contributed by atoms with E-state index in [1.807, 2.05) is 6.07 Å². The Labute approximate surface area is 136 Å². The number of nitrogens with zero attached hydrogens (tertiary/aromatic N) is 1. The molecule has 0 saturated carbocycles. The molecule has 0 amide bonds. The van der Waals surface area contributed by atoms with Crippen LogP contribution in [0.2, 0.25) is 4.34 Å². The summed E-state index contributed by atoms with van der Waals surface area (Å²) in [6.07, 6.45) is 1.11. The lowest BCUT2D eigenvalue weighted by molar-refractivity contribution is 0.170. The first-order chi connectivity index (χ1) is 10.1. The predicted molar refractivity (Wildman–Crippen MR) is 92.9 cm³/mol. The highest BCUT2D eigenvalue weighted by atomic mass is 35.5. The van der Waals surface area contributed by atoms with Crippen molar-refractivity contribution in [3.05, 3.63) is 57.2 Å². The lowest BCUT2D eigenvalue weighted by Crippen LogP contribution is -2.39. The Bertz CT molecular complexity index is 539. The van der Waals surface area contributed by atoms with Crippen LogP contribution in [0.5, 0.6) is 0 Å². The molecular weight excluding hydrogens is 300 g/mol. The van der Waals surface area contributed by atoms with E-state index in [1.165, 1.54) is 10.4 Å². The molecule has 0 radical (unpaired) electrons. The number of halogens is 1. The molecule has 114 valence electrons. The molecule has 0 spiro atoms. The highest BCUT2D eigenvalue weighted by molar-refractivity contribution is 7.16. The molecule has 0 saturated heterocycles. The van der Waals surface area contributed by atoms with Crippen molar-refractivity contribution in [3.63, 3.8) is 0 Å². The second kappa shape index (κ2) is 7.95. The molecule has 0 fully saturated rings. The SMILES string of the molecule is CCCN(Cc1ccccc1)C(c1ccc(Cl)s1)C(C)N. The van der Waals surface area contributed by atoms with Gasteiger partial charge in [0.25, 0.3) is 0 Å². The number of rotatable bonds is 7. The third kappa shape index (κ3) is 4.55. The maximum atomic E-state index is 6.28. The van der Waals surface area contributed by atoms with Crippen LogP contribution in [0.15, 0.2) is 42.5 Å². The van der Waals surface area contributed by atoms with E-state index in [0.717, 1.165) is 23.8 Å². The van der Waals surface area contributed by atoms with Crippen LogP contribution >= 0.6 is 22.9 Å². The summed E-state index contributed by atoms with van der Waals surface area (Å²) in [5.41, 5.74) is 7.60. The van der Waals surface area contributed by atoms with E-state index in [9.17, 15) is 0 Å². The Kier molecular flexibility index (Phi) is 6.24. The van der Waals surface area contributed by atoms with Crippen LogP contribution in [0.4, 0.5) is 0 Å². The van der Waals surface area contributed by atoms with Crippen molar-refractivity contribution >= 4 is 22.9 Å². The van der Waals surface area contributed by atoms with Crippen molar-refractivity contribution < 1.29 is 0 Å².